The molecule has 2 atom stereocenters. The first-order valence-electron chi connectivity index (χ1n) is 10.8. The van der Waals surface area contributed by atoms with Crippen LogP contribution in [0.1, 0.15) is 44.4 Å². The van der Waals surface area contributed by atoms with Crippen molar-refractivity contribution in [3.8, 4) is 0 Å². The minimum absolute atomic E-state index is 0.0271. The second-order valence-electron chi connectivity index (χ2n) is 8.99. The van der Waals surface area contributed by atoms with E-state index in [0.29, 0.717) is 39.7 Å². The van der Waals surface area contributed by atoms with Crippen LogP contribution in [-0.2, 0) is 17.9 Å². The average molecular weight is 518 g/mol. The van der Waals surface area contributed by atoms with E-state index in [-0.39, 0.29) is 16.6 Å². The molecular weight excluding hydrogens is 490 g/mol. The number of aromatic nitrogens is 3. The molecule has 0 spiro atoms. The summed E-state index contributed by atoms with van der Waals surface area (Å²) in [5.74, 6) is 1.26. The standard InChI is InChI=1S/C23H28ClN7OS2/c1-23(2,3)34(32)30-16-9-11-31(13-14-6-4-5-7-15(14)16)18-12-28-22(21(26)29-18)33-17-8-10-27-20(25)19(17)24/h4-8,10,12,16,30H,9,11,13H2,1-3H3,(H2,25,27)(H2,26,29)/t16?,34-/m1/s1. The fraction of sp³-hybridized carbons (Fsp3) is 0.348. The summed E-state index contributed by atoms with van der Waals surface area (Å²) in [6.07, 6.45) is 4.08. The molecule has 180 valence electrons. The molecule has 3 heterocycles. The third-order valence-corrected chi connectivity index (χ3v) is 8.64. The third-order valence-electron chi connectivity index (χ3n) is 5.45. The largest absolute Gasteiger partial charge is 0.598 e. The van der Waals surface area contributed by atoms with Gasteiger partial charge >= 0.3 is 0 Å². The normalized spacial score (nSPS) is 17.2. The van der Waals surface area contributed by atoms with Gasteiger partial charge in [0.25, 0.3) is 0 Å². The van der Waals surface area contributed by atoms with Gasteiger partial charge in [-0.2, -0.15) is 0 Å². The van der Waals surface area contributed by atoms with Gasteiger partial charge in [-0.1, -0.05) is 47.6 Å². The van der Waals surface area contributed by atoms with Gasteiger partial charge in [-0.25, -0.2) is 15.0 Å². The van der Waals surface area contributed by atoms with Gasteiger partial charge in [0.05, 0.1) is 17.3 Å². The number of nitrogen functional groups attached to an aromatic ring is 2. The van der Waals surface area contributed by atoms with Crippen LogP contribution in [0.15, 0.2) is 52.6 Å². The summed E-state index contributed by atoms with van der Waals surface area (Å²) >= 11 is 6.38. The highest BCUT2D eigenvalue weighted by atomic mass is 35.5. The molecule has 0 saturated heterocycles. The fourth-order valence-electron chi connectivity index (χ4n) is 3.61. The molecule has 8 nitrogen and oxygen atoms in total. The number of halogens is 1. The molecule has 1 aliphatic rings. The highest BCUT2D eigenvalue weighted by Gasteiger charge is 2.32. The Labute approximate surface area is 212 Å². The predicted molar refractivity (Wildman–Crippen MR) is 140 cm³/mol. The summed E-state index contributed by atoms with van der Waals surface area (Å²) in [6, 6.07) is 9.97. The Morgan fingerprint density at radius 2 is 1.94 bits per heavy atom. The minimum Gasteiger partial charge on any atom is -0.598 e. The van der Waals surface area contributed by atoms with Gasteiger partial charge in [0.1, 0.15) is 21.4 Å². The fourth-order valence-corrected chi connectivity index (χ4v) is 5.48. The molecule has 3 aromatic rings. The Balaban J connectivity index is 1.56. The molecule has 0 aliphatic carbocycles. The van der Waals surface area contributed by atoms with E-state index >= 15 is 0 Å². The van der Waals surface area contributed by atoms with Crippen molar-refractivity contribution >= 4 is 52.2 Å². The van der Waals surface area contributed by atoms with Crippen molar-refractivity contribution in [2.24, 2.45) is 0 Å². The molecule has 0 amide bonds. The second kappa shape index (κ2) is 10.2. The molecule has 1 aromatic carbocycles. The quantitative estimate of drug-likeness (QED) is 0.423. The molecule has 0 bridgehead atoms. The first-order valence-corrected chi connectivity index (χ1v) is 13.2. The van der Waals surface area contributed by atoms with E-state index in [1.54, 1.807) is 18.5 Å². The third kappa shape index (κ3) is 5.52. The maximum Gasteiger partial charge on any atom is 0.158 e. The van der Waals surface area contributed by atoms with Crippen LogP contribution in [0, 0.1) is 0 Å². The number of hydrogen-bond donors (Lipinski definition) is 3. The number of pyridine rings is 1. The zero-order valence-electron chi connectivity index (χ0n) is 19.3. The smallest absolute Gasteiger partial charge is 0.158 e. The van der Waals surface area contributed by atoms with E-state index in [1.807, 2.05) is 32.9 Å². The van der Waals surface area contributed by atoms with Crippen LogP contribution in [0.3, 0.4) is 0 Å². The Morgan fingerprint density at radius 3 is 2.68 bits per heavy atom. The Bertz CT molecular complexity index is 1170. The van der Waals surface area contributed by atoms with Crippen LogP contribution < -0.4 is 21.1 Å². The van der Waals surface area contributed by atoms with Gasteiger partial charge in [0, 0.05) is 35.5 Å². The summed E-state index contributed by atoms with van der Waals surface area (Å²) in [7, 11) is 0. The molecule has 1 unspecified atom stereocenters. The monoisotopic (exact) mass is 517 g/mol. The number of nitrogens with zero attached hydrogens (tertiary/aromatic N) is 4. The minimum atomic E-state index is -1.18. The maximum absolute atomic E-state index is 12.8. The number of nitrogens with one attached hydrogen (secondary N) is 1. The van der Waals surface area contributed by atoms with Crippen molar-refractivity contribution in [1.29, 1.82) is 0 Å². The topological polar surface area (TPSA) is 129 Å². The van der Waals surface area contributed by atoms with Gasteiger partial charge in [-0.3, -0.25) is 0 Å². The molecule has 1 aliphatic heterocycles. The molecule has 5 N–H and O–H groups in total. The summed E-state index contributed by atoms with van der Waals surface area (Å²) in [4.78, 5) is 16.0. The first kappa shape index (κ1) is 24.9. The summed E-state index contributed by atoms with van der Waals surface area (Å²) in [5, 5.41) is 0.916. The molecule has 0 fully saturated rings. The predicted octanol–water partition coefficient (Wildman–Crippen LogP) is 4.34. The Morgan fingerprint density at radius 1 is 1.18 bits per heavy atom. The van der Waals surface area contributed by atoms with Crippen LogP contribution >= 0.6 is 23.4 Å². The molecule has 2 aromatic heterocycles. The number of rotatable bonds is 5. The van der Waals surface area contributed by atoms with Crippen LogP contribution in [-0.4, -0.2) is 30.8 Å². The van der Waals surface area contributed by atoms with Gasteiger partial charge in [-0.05, 0) is 44.4 Å². The Kier molecular flexibility index (Phi) is 7.44. The highest BCUT2D eigenvalue weighted by Crippen LogP contribution is 2.37. The molecule has 0 radical (unpaired) electrons. The van der Waals surface area contributed by atoms with E-state index in [2.05, 4.69) is 36.7 Å². The lowest BCUT2D eigenvalue weighted by atomic mass is 10.0. The maximum atomic E-state index is 12.8. The number of nitrogens with two attached hydrogens (primary N) is 2. The zero-order chi connectivity index (χ0) is 24.5. The van der Waals surface area contributed by atoms with Crippen LogP contribution in [0.25, 0.3) is 0 Å². The summed E-state index contributed by atoms with van der Waals surface area (Å²) < 4.78 is 15.8. The first-order chi connectivity index (χ1) is 16.1. The summed E-state index contributed by atoms with van der Waals surface area (Å²) in [6.45, 7) is 7.27. The van der Waals surface area contributed by atoms with Crippen LogP contribution in [0.5, 0.6) is 0 Å². The van der Waals surface area contributed by atoms with Crippen molar-refractivity contribution in [3.05, 3.63) is 58.9 Å². The van der Waals surface area contributed by atoms with Crippen molar-refractivity contribution < 1.29 is 4.55 Å². The number of benzene rings is 1. The van der Waals surface area contributed by atoms with E-state index in [0.717, 1.165) is 17.5 Å². The van der Waals surface area contributed by atoms with Crippen molar-refractivity contribution in [2.75, 3.05) is 22.9 Å². The number of fused-ring (bicyclic) bond motifs is 1. The van der Waals surface area contributed by atoms with E-state index < -0.39 is 11.4 Å². The van der Waals surface area contributed by atoms with Crippen molar-refractivity contribution in [1.82, 2.24) is 19.7 Å². The average Bonchev–Trinajstić information content (AvgIpc) is 2.97. The molecule has 0 saturated carbocycles. The highest BCUT2D eigenvalue weighted by molar-refractivity contribution is 7.99. The molecular formula is C23H28ClN7OS2. The number of anilines is 3. The zero-order valence-corrected chi connectivity index (χ0v) is 21.7. The van der Waals surface area contributed by atoms with Gasteiger partial charge in [0.2, 0.25) is 0 Å². The van der Waals surface area contributed by atoms with Crippen molar-refractivity contribution in [3.63, 3.8) is 0 Å². The second-order valence-corrected chi connectivity index (χ2v) is 12.4. The Hall–Kier alpha value is -2.24. The van der Waals surface area contributed by atoms with E-state index in [4.69, 9.17) is 23.1 Å². The number of hydrogen-bond acceptors (Lipinski definition) is 9. The lowest BCUT2D eigenvalue weighted by Gasteiger charge is -2.28. The van der Waals surface area contributed by atoms with Crippen LogP contribution in [0.2, 0.25) is 5.02 Å². The van der Waals surface area contributed by atoms with Crippen molar-refractivity contribution in [2.45, 2.75) is 54.4 Å². The van der Waals surface area contributed by atoms with Gasteiger partial charge in [0.15, 0.2) is 5.82 Å². The summed E-state index contributed by atoms with van der Waals surface area (Å²) in [5.41, 5.74) is 14.4. The SMILES string of the molecule is CC(C)(C)[S@@+]([O-])NC1CCN(c2cnc(Sc3ccnc(N)c3Cl)c(N)n2)Cc2ccccc21. The van der Waals surface area contributed by atoms with Crippen LogP contribution in [0.4, 0.5) is 17.5 Å². The van der Waals surface area contributed by atoms with Gasteiger partial charge in [-0.15, -0.1) is 4.72 Å². The lowest BCUT2D eigenvalue weighted by molar-refractivity contribution is 0.514. The molecule has 4 rings (SSSR count). The molecule has 34 heavy (non-hydrogen) atoms. The van der Waals surface area contributed by atoms with E-state index in [1.165, 1.54) is 11.8 Å². The molecule has 11 heteroatoms. The van der Waals surface area contributed by atoms with Gasteiger partial charge < -0.3 is 20.9 Å². The van der Waals surface area contributed by atoms with E-state index in [9.17, 15) is 4.55 Å². The lowest BCUT2D eigenvalue weighted by Crippen LogP contribution is -2.41.